The third kappa shape index (κ3) is 4.21. The number of sulfonamides is 1. The van der Waals surface area contributed by atoms with Gasteiger partial charge in [0.15, 0.2) is 0 Å². The highest BCUT2D eigenvalue weighted by Crippen LogP contribution is 2.41. The van der Waals surface area contributed by atoms with Gasteiger partial charge in [0.05, 0.1) is 24.2 Å². The molecule has 1 amide bonds. The maximum absolute atomic E-state index is 13.1. The Balaban J connectivity index is 1.60. The van der Waals surface area contributed by atoms with Crippen molar-refractivity contribution in [1.29, 1.82) is 0 Å². The number of para-hydroxylation sites is 2. The van der Waals surface area contributed by atoms with Crippen LogP contribution < -0.4 is 14.4 Å². The van der Waals surface area contributed by atoms with Gasteiger partial charge in [0.2, 0.25) is 5.91 Å². The van der Waals surface area contributed by atoms with Gasteiger partial charge in [-0.3, -0.25) is 9.52 Å². The van der Waals surface area contributed by atoms with Gasteiger partial charge < -0.3 is 14.5 Å². The van der Waals surface area contributed by atoms with E-state index in [0.29, 0.717) is 24.5 Å². The number of carbonyl (C=O) groups is 1. The quantitative estimate of drug-likeness (QED) is 0.742. The number of anilines is 2. The van der Waals surface area contributed by atoms with Gasteiger partial charge in [-0.15, -0.1) is 0 Å². The lowest BCUT2D eigenvalue weighted by Crippen LogP contribution is -2.40. The molecule has 1 fully saturated rings. The molecule has 166 valence electrons. The van der Waals surface area contributed by atoms with Crippen molar-refractivity contribution in [2.45, 2.75) is 37.0 Å². The molecule has 2 aromatic carbocycles. The first-order valence-corrected chi connectivity index (χ1v) is 12.0. The summed E-state index contributed by atoms with van der Waals surface area (Å²) in [4.78, 5) is 16.9. The third-order valence-corrected chi connectivity index (χ3v) is 7.43. The molecule has 2 aromatic rings. The Bertz CT molecular complexity index is 1090. The van der Waals surface area contributed by atoms with Crippen molar-refractivity contribution in [3.05, 3.63) is 48.0 Å². The van der Waals surface area contributed by atoms with Gasteiger partial charge in [-0.05, 0) is 48.7 Å². The van der Waals surface area contributed by atoms with Crippen LogP contribution in [0.25, 0.3) is 0 Å². The first kappa shape index (κ1) is 21.5. The molecule has 7 nitrogen and oxygen atoms in total. The topological polar surface area (TPSA) is 79.0 Å². The third-order valence-electron chi connectivity index (χ3n) is 6.07. The Morgan fingerprint density at radius 2 is 1.84 bits per heavy atom. The summed E-state index contributed by atoms with van der Waals surface area (Å²) < 4.78 is 34.0. The molecule has 4 rings (SSSR count). The van der Waals surface area contributed by atoms with Crippen molar-refractivity contribution in [2.75, 3.05) is 42.9 Å². The lowest BCUT2D eigenvalue weighted by atomic mass is 9.87. The van der Waals surface area contributed by atoms with Crippen LogP contribution in [0.3, 0.4) is 0 Å². The van der Waals surface area contributed by atoms with E-state index < -0.39 is 10.0 Å². The molecule has 1 saturated heterocycles. The Morgan fingerprint density at radius 1 is 1.13 bits per heavy atom. The van der Waals surface area contributed by atoms with E-state index in [1.807, 2.05) is 11.0 Å². The SMILES string of the molecule is COc1ccccc1NS(=O)(=O)c1ccc2c(c1)C(C)(C)CN2CC(=O)N1CCCC1. The van der Waals surface area contributed by atoms with E-state index in [0.717, 1.165) is 37.2 Å². The average molecular weight is 444 g/mol. The molecule has 31 heavy (non-hydrogen) atoms. The summed E-state index contributed by atoms with van der Waals surface area (Å²) in [5.74, 6) is 0.592. The van der Waals surface area contributed by atoms with Gasteiger partial charge >= 0.3 is 0 Å². The summed E-state index contributed by atoms with van der Waals surface area (Å²) in [5.41, 5.74) is 1.98. The van der Waals surface area contributed by atoms with E-state index in [4.69, 9.17) is 4.74 Å². The predicted molar refractivity (Wildman–Crippen MR) is 121 cm³/mol. The van der Waals surface area contributed by atoms with Crippen molar-refractivity contribution in [3.63, 3.8) is 0 Å². The summed E-state index contributed by atoms with van der Waals surface area (Å²) >= 11 is 0. The lowest BCUT2D eigenvalue weighted by Gasteiger charge is -2.24. The molecular weight excluding hydrogens is 414 g/mol. The number of likely N-dealkylation sites (tertiary alicyclic amines) is 1. The lowest BCUT2D eigenvalue weighted by molar-refractivity contribution is -0.128. The van der Waals surface area contributed by atoms with E-state index in [-0.39, 0.29) is 16.2 Å². The molecule has 2 aliphatic heterocycles. The molecular formula is C23H29N3O4S. The zero-order valence-corrected chi connectivity index (χ0v) is 19.0. The van der Waals surface area contributed by atoms with E-state index in [9.17, 15) is 13.2 Å². The number of hydrogen-bond donors (Lipinski definition) is 1. The van der Waals surface area contributed by atoms with Crippen LogP contribution in [-0.2, 0) is 20.2 Å². The van der Waals surface area contributed by atoms with Gasteiger partial charge in [-0.25, -0.2) is 8.42 Å². The molecule has 0 aliphatic carbocycles. The molecule has 2 aliphatic rings. The highest BCUT2D eigenvalue weighted by atomic mass is 32.2. The van der Waals surface area contributed by atoms with Crippen molar-refractivity contribution in [2.24, 2.45) is 0 Å². The van der Waals surface area contributed by atoms with Gasteiger partial charge in [0, 0.05) is 30.7 Å². The van der Waals surface area contributed by atoms with Crippen LogP contribution in [0.4, 0.5) is 11.4 Å². The second-order valence-corrected chi connectivity index (χ2v) is 10.5. The molecule has 0 atom stereocenters. The second kappa shape index (κ2) is 8.07. The number of benzene rings is 2. The minimum Gasteiger partial charge on any atom is -0.495 e. The number of rotatable bonds is 6. The molecule has 8 heteroatoms. The number of fused-ring (bicyclic) bond motifs is 1. The summed E-state index contributed by atoms with van der Waals surface area (Å²) in [6, 6.07) is 12.1. The zero-order valence-electron chi connectivity index (χ0n) is 18.2. The number of ether oxygens (including phenoxy) is 1. The van der Waals surface area contributed by atoms with Crippen LogP contribution in [-0.4, -0.2) is 52.5 Å². The fraction of sp³-hybridized carbons (Fsp3) is 0.435. The molecule has 0 radical (unpaired) electrons. The molecule has 2 heterocycles. The normalized spacial score (nSPS) is 17.5. The summed E-state index contributed by atoms with van der Waals surface area (Å²) in [5, 5.41) is 0. The highest BCUT2D eigenvalue weighted by molar-refractivity contribution is 7.92. The van der Waals surface area contributed by atoms with E-state index >= 15 is 0 Å². The van der Waals surface area contributed by atoms with E-state index in [1.54, 1.807) is 36.4 Å². The number of nitrogens with zero attached hydrogens (tertiary/aromatic N) is 2. The first-order valence-electron chi connectivity index (χ1n) is 10.5. The summed E-state index contributed by atoms with van der Waals surface area (Å²) in [6.07, 6.45) is 2.13. The van der Waals surface area contributed by atoms with Gasteiger partial charge in [0.1, 0.15) is 5.75 Å². The maximum atomic E-state index is 13.1. The van der Waals surface area contributed by atoms with Crippen molar-refractivity contribution < 1.29 is 17.9 Å². The Kier molecular flexibility index (Phi) is 5.60. The van der Waals surface area contributed by atoms with Crippen molar-refractivity contribution in [3.8, 4) is 5.75 Å². The molecule has 0 aromatic heterocycles. The fourth-order valence-corrected chi connectivity index (χ4v) is 5.55. The van der Waals surface area contributed by atoms with Crippen LogP contribution in [0.15, 0.2) is 47.4 Å². The summed E-state index contributed by atoms with van der Waals surface area (Å²) in [6.45, 7) is 6.81. The van der Waals surface area contributed by atoms with Crippen molar-refractivity contribution >= 4 is 27.3 Å². The van der Waals surface area contributed by atoms with Gasteiger partial charge in [-0.2, -0.15) is 0 Å². The average Bonchev–Trinajstić information content (AvgIpc) is 3.35. The number of nitrogens with one attached hydrogen (secondary N) is 1. The maximum Gasteiger partial charge on any atom is 0.262 e. The van der Waals surface area contributed by atoms with E-state index in [1.165, 1.54) is 7.11 Å². The molecule has 1 N–H and O–H groups in total. The minimum absolute atomic E-state index is 0.135. The monoisotopic (exact) mass is 443 g/mol. The number of amides is 1. The Labute approximate surface area is 184 Å². The largest absolute Gasteiger partial charge is 0.495 e. The fourth-order valence-electron chi connectivity index (χ4n) is 4.45. The molecule has 0 bridgehead atoms. The molecule has 0 spiro atoms. The Hall–Kier alpha value is -2.74. The zero-order chi connectivity index (χ0) is 22.2. The van der Waals surface area contributed by atoms with Crippen LogP contribution in [0.1, 0.15) is 32.3 Å². The van der Waals surface area contributed by atoms with E-state index in [2.05, 4.69) is 23.5 Å². The molecule has 0 saturated carbocycles. The highest BCUT2D eigenvalue weighted by Gasteiger charge is 2.37. The Morgan fingerprint density at radius 3 is 2.55 bits per heavy atom. The number of hydrogen-bond acceptors (Lipinski definition) is 5. The molecule has 0 unspecified atom stereocenters. The number of carbonyl (C=O) groups excluding carboxylic acids is 1. The van der Waals surface area contributed by atoms with Crippen LogP contribution in [0.2, 0.25) is 0 Å². The van der Waals surface area contributed by atoms with Crippen LogP contribution in [0.5, 0.6) is 5.75 Å². The smallest absolute Gasteiger partial charge is 0.262 e. The second-order valence-electron chi connectivity index (χ2n) is 8.81. The van der Waals surface area contributed by atoms with Crippen molar-refractivity contribution in [1.82, 2.24) is 4.90 Å². The first-order chi connectivity index (χ1) is 14.7. The van der Waals surface area contributed by atoms with Crippen LogP contribution >= 0.6 is 0 Å². The summed E-state index contributed by atoms with van der Waals surface area (Å²) in [7, 11) is -2.29. The standard InChI is InChI=1S/C23H29N3O4S/c1-23(2)16-26(15-22(27)25-12-6-7-13-25)20-11-10-17(14-18(20)23)31(28,29)24-19-8-4-5-9-21(19)30-3/h4-5,8-11,14,24H,6-7,12-13,15-16H2,1-3H3. The van der Waals surface area contributed by atoms with Gasteiger partial charge in [-0.1, -0.05) is 26.0 Å². The predicted octanol–water partition coefficient (Wildman–Crippen LogP) is 3.22. The van der Waals surface area contributed by atoms with Gasteiger partial charge in [0.25, 0.3) is 10.0 Å². The minimum atomic E-state index is -3.79. The van der Waals surface area contributed by atoms with Crippen LogP contribution in [0, 0.1) is 0 Å². The number of methoxy groups -OCH3 is 1.